The number of carbonyl (C=O) groups is 1. The smallest absolute Gasteiger partial charge is 0.271 e. The molecule has 0 atom stereocenters. The maximum atomic E-state index is 11.8. The number of para-hydroxylation sites is 2. The Morgan fingerprint density at radius 1 is 1.40 bits per heavy atom. The second-order valence-electron chi connectivity index (χ2n) is 4.63. The summed E-state index contributed by atoms with van der Waals surface area (Å²) < 4.78 is 1.74. The van der Waals surface area contributed by atoms with Gasteiger partial charge in [0.25, 0.3) is 5.91 Å². The minimum Gasteiger partial charge on any atom is -0.350 e. The maximum absolute atomic E-state index is 11.8. The molecule has 0 spiro atoms. The molecule has 20 heavy (non-hydrogen) atoms. The van der Waals surface area contributed by atoms with Crippen molar-refractivity contribution < 1.29 is 4.79 Å². The van der Waals surface area contributed by atoms with Crippen LogP contribution >= 0.6 is 0 Å². The van der Waals surface area contributed by atoms with Crippen molar-refractivity contribution in [2.75, 3.05) is 6.54 Å². The standard InChI is InChI=1S/C14H15N5O/c1-19-8-12(16-9-19)14(20)15-7-6-13-17-10-4-2-3-5-11(10)18-13/h2-5,8-9H,6-7H2,1H3,(H,15,20)(H,17,18). The van der Waals surface area contributed by atoms with Crippen LogP contribution in [-0.4, -0.2) is 32.0 Å². The third-order valence-electron chi connectivity index (χ3n) is 3.02. The van der Waals surface area contributed by atoms with E-state index in [-0.39, 0.29) is 5.91 Å². The van der Waals surface area contributed by atoms with Gasteiger partial charge >= 0.3 is 0 Å². The van der Waals surface area contributed by atoms with Crippen LogP contribution in [0.25, 0.3) is 11.0 Å². The molecular weight excluding hydrogens is 254 g/mol. The number of benzene rings is 1. The van der Waals surface area contributed by atoms with E-state index >= 15 is 0 Å². The number of amides is 1. The van der Waals surface area contributed by atoms with E-state index in [9.17, 15) is 4.79 Å². The Labute approximate surface area is 115 Å². The lowest BCUT2D eigenvalue weighted by Crippen LogP contribution is -2.26. The monoisotopic (exact) mass is 269 g/mol. The minimum absolute atomic E-state index is 0.165. The number of hydrogen-bond donors (Lipinski definition) is 2. The van der Waals surface area contributed by atoms with E-state index in [1.54, 1.807) is 17.1 Å². The van der Waals surface area contributed by atoms with Gasteiger partial charge in [-0.05, 0) is 12.1 Å². The lowest BCUT2D eigenvalue weighted by atomic mass is 10.3. The number of hydrogen-bond acceptors (Lipinski definition) is 3. The van der Waals surface area contributed by atoms with E-state index in [0.29, 0.717) is 18.7 Å². The van der Waals surface area contributed by atoms with Gasteiger partial charge in [0.15, 0.2) is 0 Å². The van der Waals surface area contributed by atoms with E-state index in [1.165, 1.54) is 0 Å². The number of nitrogens with zero attached hydrogens (tertiary/aromatic N) is 3. The van der Waals surface area contributed by atoms with Gasteiger partial charge < -0.3 is 14.9 Å². The number of carbonyl (C=O) groups excluding carboxylic acids is 1. The molecule has 0 saturated heterocycles. The molecule has 1 amide bonds. The number of rotatable bonds is 4. The zero-order valence-electron chi connectivity index (χ0n) is 11.1. The maximum Gasteiger partial charge on any atom is 0.271 e. The van der Waals surface area contributed by atoms with E-state index in [1.807, 2.05) is 31.3 Å². The Bertz CT molecular complexity index is 710. The summed E-state index contributed by atoms with van der Waals surface area (Å²) in [6.45, 7) is 0.523. The van der Waals surface area contributed by atoms with Crippen LogP contribution in [0.3, 0.4) is 0 Å². The molecule has 0 aliphatic rings. The summed E-state index contributed by atoms with van der Waals surface area (Å²) in [5.41, 5.74) is 2.38. The minimum atomic E-state index is -0.165. The summed E-state index contributed by atoms with van der Waals surface area (Å²) in [6.07, 6.45) is 3.96. The number of fused-ring (bicyclic) bond motifs is 1. The molecule has 0 aliphatic carbocycles. The summed E-state index contributed by atoms with van der Waals surface area (Å²) in [7, 11) is 1.83. The second-order valence-corrected chi connectivity index (χ2v) is 4.63. The van der Waals surface area contributed by atoms with Crippen LogP contribution in [0.1, 0.15) is 16.3 Å². The number of imidazole rings is 2. The van der Waals surface area contributed by atoms with Crippen molar-refractivity contribution in [2.24, 2.45) is 7.05 Å². The van der Waals surface area contributed by atoms with Crippen LogP contribution in [0.5, 0.6) is 0 Å². The molecule has 0 bridgehead atoms. The predicted octanol–water partition coefficient (Wildman–Crippen LogP) is 1.27. The summed E-state index contributed by atoms with van der Waals surface area (Å²) >= 11 is 0. The van der Waals surface area contributed by atoms with Crippen molar-refractivity contribution in [1.29, 1.82) is 0 Å². The third kappa shape index (κ3) is 2.54. The van der Waals surface area contributed by atoms with Crippen LogP contribution in [0.15, 0.2) is 36.8 Å². The van der Waals surface area contributed by atoms with Crippen molar-refractivity contribution in [3.05, 3.63) is 48.3 Å². The lowest BCUT2D eigenvalue weighted by Gasteiger charge is -2.00. The normalized spacial score (nSPS) is 10.8. The van der Waals surface area contributed by atoms with E-state index in [4.69, 9.17) is 0 Å². The number of nitrogens with one attached hydrogen (secondary N) is 2. The zero-order valence-corrected chi connectivity index (χ0v) is 11.1. The van der Waals surface area contributed by atoms with Crippen LogP contribution < -0.4 is 5.32 Å². The molecule has 102 valence electrons. The van der Waals surface area contributed by atoms with E-state index < -0.39 is 0 Å². The number of H-pyrrole nitrogens is 1. The van der Waals surface area contributed by atoms with Gasteiger partial charge in [-0.2, -0.15) is 0 Å². The van der Waals surface area contributed by atoms with Crippen LogP contribution in [-0.2, 0) is 13.5 Å². The van der Waals surface area contributed by atoms with Gasteiger partial charge in [0.1, 0.15) is 11.5 Å². The molecule has 6 heteroatoms. The van der Waals surface area contributed by atoms with Crippen molar-refractivity contribution >= 4 is 16.9 Å². The van der Waals surface area contributed by atoms with Gasteiger partial charge in [-0.15, -0.1) is 0 Å². The molecule has 2 heterocycles. The van der Waals surface area contributed by atoms with Crippen LogP contribution in [0.2, 0.25) is 0 Å². The molecule has 6 nitrogen and oxygen atoms in total. The zero-order chi connectivity index (χ0) is 13.9. The first kappa shape index (κ1) is 12.4. The molecule has 1 aromatic carbocycles. The molecule has 0 saturated carbocycles. The molecule has 3 aromatic rings. The van der Waals surface area contributed by atoms with Gasteiger partial charge in [-0.25, -0.2) is 9.97 Å². The van der Waals surface area contributed by atoms with Crippen LogP contribution in [0, 0.1) is 0 Å². The van der Waals surface area contributed by atoms with E-state index in [2.05, 4.69) is 20.3 Å². The Balaban J connectivity index is 1.58. The van der Waals surface area contributed by atoms with Gasteiger partial charge in [-0.1, -0.05) is 12.1 Å². The molecule has 0 unspecified atom stereocenters. The molecule has 0 radical (unpaired) electrons. The largest absolute Gasteiger partial charge is 0.350 e. The highest BCUT2D eigenvalue weighted by Gasteiger charge is 2.08. The summed E-state index contributed by atoms with van der Waals surface area (Å²) in [6, 6.07) is 7.86. The number of aryl methyl sites for hydroxylation is 1. The van der Waals surface area contributed by atoms with Gasteiger partial charge in [0, 0.05) is 26.2 Å². The molecular formula is C14H15N5O. The van der Waals surface area contributed by atoms with Crippen molar-refractivity contribution in [3.63, 3.8) is 0 Å². The summed E-state index contributed by atoms with van der Waals surface area (Å²) in [5, 5.41) is 2.83. The van der Waals surface area contributed by atoms with Gasteiger partial charge in [0.2, 0.25) is 0 Å². The SMILES string of the molecule is Cn1cnc(C(=O)NCCc2nc3ccccc3[nH]2)c1. The predicted molar refractivity (Wildman–Crippen MR) is 75.3 cm³/mol. The van der Waals surface area contributed by atoms with Crippen molar-refractivity contribution in [3.8, 4) is 0 Å². The molecule has 2 aromatic heterocycles. The highest BCUT2D eigenvalue weighted by molar-refractivity contribution is 5.91. The average molecular weight is 269 g/mol. The Morgan fingerprint density at radius 3 is 3.00 bits per heavy atom. The molecule has 0 aliphatic heterocycles. The third-order valence-corrected chi connectivity index (χ3v) is 3.02. The Kier molecular flexibility index (Phi) is 3.20. The van der Waals surface area contributed by atoms with Crippen molar-refractivity contribution in [1.82, 2.24) is 24.8 Å². The first-order chi connectivity index (χ1) is 9.72. The van der Waals surface area contributed by atoms with Crippen LogP contribution in [0.4, 0.5) is 0 Å². The second kappa shape index (κ2) is 5.16. The topological polar surface area (TPSA) is 75.6 Å². The quantitative estimate of drug-likeness (QED) is 0.749. The average Bonchev–Trinajstić information content (AvgIpc) is 3.04. The fourth-order valence-electron chi connectivity index (χ4n) is 2.04. The van der Waals surface area contributed by atoms with Crippen molar-refractivity contribution in [2.45, 2.75) is 6.42 Å². The molecule has 0 fully saturated rings. The fourth-order valence-corrected chi connectivity index (χ4v) is 2.04. The highest BCUT2D eigenvalue weighted by Crippen LogP contribution is 2.10. The highest BCUT2D eigenvalue weighted by atomic mass is 16.1. The first-order valence-electron chi connectivity index (χ1n) is 6.42. The first-order valence-corrected chi connectivity index (χ1v) is 6.42. The molecule has 2 N–H and O–H groups in total. The molecule has 3 rings (SSSR count). The number of aromatic nitrogens is 4. The lowest BCUT2D eigenvalue weighted by molar-refractivity contribution is 0.0949. The van der Waals surface area contributed by atoms with Gasteiger partial charge in [-0.3, -0.25) is 4.79 Å². The summed E-state index contributed by atoms with van der Waals surface area (Å²) in [5.74, 6) is 0.703. The summed E-state index contributed by atoms with van der Waals surface area (Å²) in [4.78, 5) is 23.5. The number of aromatic amines is 1. The Hall–Kier alpha value is -2.63. The van der Waals surface area contributed by atoms with Gasteiger partial charge in [0.05, 0.1) is 17.4 Å². The van der Waals surface area contributed by atoms with E-state index in [0.717, 1.165) is 16.9 Å². The fraction of sp³-hybridized carbons (Fsp3) is 0.214. The Morgan fingerprint density at radius 2 is 2.25 bits per heavy atom.